The lowest BCUT2D eigenvalue weighted by atomic mass is 10.2. The van der Waals surface area contributed by atoms with Crippen LogP contribution in [-0.2, 0) is 11.3 Å². The molecule has 0 bridgehead atoms. The van der Waals surface area contributed by atoms with Crippen LogP contribution in [0, 0.1) is 5.82 Å². The zero-order chi connectivity index (χ0) is 23.9. The summed E-state index contributed by atoms with van der Waals surface area (Å²) in [6.45, 7) is 1.17. The van der Waals surface area contributed by atoms with Gasteiger partial charge in [0.05, 0.1) is 26.0 Å². The molecule has 0 aliphatic carbocycles. The van der Waals surface area contributed by atoms with E-state index in [9.17, 15) is 9.18 Å². The average Bonchev–Trinajstić information content (AvgIpc) is 3.53. The molecule has 7 nitrogen and oxygen atoms in total. The summed E-state index contributed by atoms with van der Waals surface area (Å²) in [6, 6.07) is 17.3. The quantitative estimate of drug-likeness (QED) is 0.311. The van der Waals surface area contributed by atoms with Crippen LogP contribution in [0.1, 0.15) is 16.3 Å². The molecule has 0 fully saturated rings. The summed E-state index contributed by atoms with van der Waals surface area (Å²) < 4.78 is 29.4. The number of anilines is 2. The molecular formula is C25H24FN3O4S. The molecule has 0 radical (unpaired) electrons. The minimum Gasteiger partial charge on any atom is -0.497 e. The van der Waals surface area contributed by atoms with Crippen LogP contribution in [0.25, 0.3) is 11.3 Å². The lowest BCUT2D eigenvalue weighted by Crippen LogP contribution is -2.26. The van der Waals surface area contributed by atoms with Gasteiger partial charge in [0, 0.05) is 30.3 Å². The molecule has 2 aromatic carbocycles. The van der Waals surface area contributed by atoms with Gasteiger partial charge in [-0.25, -0.2) is 9.37 Å². The Morgan fingerprint density at radius 1 is 1.09 bits per heavy atom. The number of furan rings is 1. The molecule has 1 amide bonds. The Balaban J connectivity index is 1.59. The summed E-state index contributed by atoms with van der Waals surface area (Å²) in [5, 5.41) is 5.40. The Morgan fingerprint density at radius 3 is 2.56 bits per heavy atom. The number of methoxy groups -OCH3 is 2. The number of ether oxygens (including phenoxy) is 2. The Kier molecular flexibility index (Phi) is 7.56. The number of benzene rings is 2. The first-order chi connectivity index (χ1) is 16.6. The minimum atomic E-state index is -0.299. The Bertz CT molecular complexity index is 1220. The molecule has 34 heavy (non-hydrogen) atoms. The number of nitrogens with one attached hydrogen (secondary N) is 1. The molecule has 4 aromatic rings. The van der Waals surface area contributed by atoms with Crippen LogP contribution in [-0.4, -0.2) is 38.3 Å². The van der Waals surface area contributed by atoms with Gasteiger partial charge >= 0.3 is 0 Å². The molecule has 4 rings (SSSR count). The summed E-state index contributed by atoms with van der Waals surface area (Å²) in [4.78, 5) is 19.1. The zero-order valence-electron chi connectivity index (χ0n) is 18.8. The van der Waals surface area contributed by atoms with Crippen molar-refractivity contribution in [1.82, 2.24) is 10.3 Å². The number of rotatable bonds is 10. The van der Waals surface area contributed by atoms with E-state index in [1.807, 2.05) is 34.5 Å². The van der Waals surface area contributed by atoms with Gasteiger partial charge < -0.3 is 24.1 Å². The second-order valence-electron chi connectivity index (χ2n) is 7.32. The molecule has 0 atom stereocenters. The van der Waals surface area contributed by atoms with Gasteiger partial charge in [-0.05, 0) is 60.7 Å². The molecule has 176 valence electrons. The molecule has 2 heterocycles. The monoisotopic (exact) mass is 481 g/mol. The van der Waals surface area contributed by atoms with Crippen LogP contribution in [0.3, 0.4) is 0 Å². The predicted octanol–water partition coefficient (Wildman–Crippen LogP) is 5.27. The predicted molar refractivity (Wildman–Crippen MR) is 129 cm³/mol. The zero-order valence-corrected chi connectivity index (χ0v) is 19.6. The van der Waals surface area contributed by atoms with Crippen LogP contribution in [0.15, 0.2) is 70.5 Å². The first kappa shape index (κ1) is 23.5. The Labute approximate surface area is 200 Å². The lowest BCUT2D eigenvalue weighted by Gasteiger charge is -2.21. The van der Waals surface area contributed by atoms with E-state index in [-0.39, 0.29) is 17.5 Å². The summed E-state index contributed by atoms with van der Waals surface area (Å²) >= 11 is 1.46. The van der Waals surface area contributed by atoms with E-state index in [1.165, 1.54) is 23.5 Å². The van der Waals surface area contributed by atoms with Gasteiger partial charge in [0.15, 0.2) is 10.9 Å². The van der Waals surface area contributed by atoms with Gasteiger partial charge in [-0.3, -0.25) is 4.79 Å². The number of halogens is 1. The molecule has 0 aliphatic heterocycles. The van der Waals surface area contributed by atoms with Crippen molar-refractivity contribution in [3.05, 3.63) is 83.4 Å². The van der Waals surface area contributed by atoms with Gasteiger partial charge in [0.1, 0.15) is 17.3 Å². The molecule has 9 heteroatoms. The summed E-state index contributed by atoms with van der Waals surface area (Å²) in [5.41, 5.74) is 2.45. The van der Waals surface area contributed by atoms with Crippen molar-refractivity contribution < 1.29 is 23.1 Å². The number of amides is 1. The normalized spacial score (nSPS) is 10.8. The van der Waals surface area contributed by atoms with Gasteiger partial charge in [-0.1, -0.05) is 0 Å². The largest absolute Gasteiger partial charge is 0.497 e. The van der Waals surface area contributed by atoms with Crippen molar-refractivity contribution in [2.75, 3.05) is 32.3 Å². The Hall–Kier alpha value is -3.69. The summed E-state index contributed by atoms with van der Waals surface area (Å²) in [5.74, 6) is 0.979. The average molecular weight is 482 g/mol. The number of nitrogens with zero attached hydrogens (tertiary/aromatic N) is 2. The minimum absolute atomic E-state index is 0.229. The van der Waals surface area contributed by atoms with E-state index in [2.05, 4.69) is 5.32 Å². The number of aromatic nitrogens is 1. The van der Waals surface area contributed by atoms with Gasteiger partial charge in [0.2, 0.25) is 0 Å². The maximum absolute atomic E-state index is 13.3. The van der Waals surface area contributed by atoms with Crippen LogP contribution in [0.5, 0.6) is 5.75 Å². The third-order valence-electron chi connectivity index (χ3n) is 5.04. The van der Waals surface area contributed by atoms with Crippen LogP contribution >= 0.6 is 11.3 Å². The maximum atomic E-state index is 13.3. The molecule has 0 spiro atoms. The van der Waals surface area contributed by atoms with E-state index in [0.29, 0.717) is 25.5 Å². The SMILES string of the molecule is COCCNC(=O)c1ccc(CN(c2ccc(OC)cc2)c2nc(-c3ccc(F)cc3)cs2)o1. The summed E-state index contributed by atoms with van der Waals surface area (Å²) in [6.07, 6.45) is 0. The van der Waals surface area contributed by atoms with Gasteiger partial charge in [-0.15, -0.1) is 11.3 Å². The maximum Gasteiger partial charge on any atom is 0.287 e. The topological polar surface area (TPSA) is 76.8 Å². The highest BCUT2D eigenvalue weighted by Crippen LogP contribution is 2.34. The molecule has 0 unspecified atom stereocenters. The molecule has 2 aromatic heterocycles. The van der Waals surface area contributed by atoms with E-state index >= 15 is 0 Å². The number of hydrogen-bond acceptors (Lipinski definition) is 7. The van der Waals surface area contributed by atoms with Gasteiger partial charge in [0.25, 0.3) is 5.91 Å². The van der Waals surface area contributed by atoms with Gasteiger partial charge in [-0.2, -0.15) is 0 Å². The number of carbonyl (C=O) groups excluding carboxylic acids is 1. The second-order valence-corrected chi connectivity index (χ2v) is 8.16. The van der Waals surface area contributed by atoms with Crippen molar-refractivity contribution >= 4 is 28.1 Å². The molecule has 0 aliphatic rings. The third-order valence-corrected chi connectivity index (χ3v) is 5.90. The standard InChI is InChI=1S/C25H24FN3O4S/c1-31-14-13-27-24(30)23-12-11-21(33-23)15-29(19-7-9-20(32-2)10-8-19)25-28-22(16-34-25)17-3-5-18(26)6-4-17/h3-12,16H,13-15H2,1-2H3,(H,27,30). The fourth-order valence-corrected chi connectivity index (χ4v) is 4.12. The highest BCUT2D eigenvalue weighted by atomic mass is 32.1. The molecule has 0 saturated carbocycles. The smallest absolute Gasteiger partial charge is 0.287 e. The van der Waals surface area contributed by atoms with E-state index in [1.54, 1.807) is 38.5 Å². The second kappa shape index (κ2) is 11.0. The number of hydrogen-bond donors (Lipinski definition) is 1. The third kappa shape index (κ3) is 5.62. The van der Waals surface area contributed by atoms with Crippen molar-refractivity contribution in [2.45, 2.75) is 6.54 Å². The fourth-order valence-electron chi connectivity index (χ4n) is 3.27. The van der Waals surface area contributed by atoms with Crippen molar-refractivity contribution in [2.24, 2.45) is 0 Å². The lowest BCUT2D eigenvalue weighted by molar-refractivity contribution is 0.0908. The highest BCUT2D eigenvalue weighted by Gasteiger charge is 2.18. The van der Waals surface area contributed by atoms with Crippen LogP contribution in [0.4, 0.5) is 15.2 Å². The number of carbonyl (C=O) groups is 1. The highest BCUT2D eigenvalue weighted by molar-refractivity contribution is 7.14. The molecular weight excluding hydrogens is 457 g/mol. The summed E-state index contributed by atoms with van der Waals surface area (Å²) in [7, 11) is 3.19. The van der Waals surface area contributed by atoms with Crippen molar-refractivity contribution in [3.8, 4) is 17.0 Å². The van der Waals surface area contributed by atoms with E-state index in [4.69, 9.17) is 18.9 Å². The van der Waals surface area contributed by atoms with Crippen LogP contribution < -0.4 is 15.0 Å². The Morgan fingerprint density at radius 2 is 1.85 bits per heavy atom. The van der Waals surface area contributed by atoms with E-state index < -0.39 is 0 Å². The molecule has 0 saturated heterocycles. The number of thiazole rings is 1. The van der Waals surface area contributed by atoms with Crippen LogP contribution in [0.2, 0.25) is 0 Å². The molecule has 1 N–H and O–H groups in total. The fraction of sp³-hybridized carbons (Fsp3) is 0.200. The van der Waals surface area contributed by atoms with Crippen molar-refractivity contribution in [3.63, 3.8) is 0 Å². The van der Waals surface area contributed by atoms with Crippen molar-refractivity contribution in [1.29, 1.82) is 0 Å². The first-order valence-corrected chi connectivity index (χ1v) is 11.4. The van der Waals surface area contributed by atoms with E-state index in [0.717, 1.165) is 27.8 Å². The first-order valence-electron chi connectivity index (χ1n) is 10.6.